The summed E-state index contributed by atoms with van der Waals surface area (Å²) in [5.41, 5.74) is 7.64. The average Bonchev–Trinajstić information content (AvgIpc) is 1.61. The SMILES string of the molecule is [2H][2H].[2H][2H].[2H][2H].[2H][2H].[2H][2H].[2H][2H].[2H][2H].[2H][2H].[2H][2H].[2H][2H].[2H][2H].[2H][2H].[2H][2H].[2H][2H].[2H][2H].[2H][2H].[2H][2H].[2H][2H].[2H][2H].[2H][2H].[2H][2H].[2H][2H].[2H][2H].[2H][2H].[2H][2H].[2H][2H].[2H][2H].[2H][2H].[2H][2H].[2H][2H].[2H][2H].[2H][2H].[2H][2H].[2H][2H].[2H][2H].[2H][2H].[2H][2H].[2H][2H].[2H][2H].[2H][2H].[2H][2H].[2H][2H].[2H][2H].[2H][2H].[2H][2H].[2H][2H].[2H][2H].[2H][2H].[C-]#[N+]c1ccc(Cc2ccc(B3OC(C)(C)C(C)(C)O3)c(C=O)c2)nc1N(C)CCOC.[C-]#[N+]c1ccc(Cc2ccc(Br)c(C=O)c2)nc1N(C)CCOC.[C-]#[N+]c1ccc(Oc2ccc3c(c2)COB3O)nc1N(C)CCOC. The summed E-state index contributed by atoms with van der Waals surface area (Å²) >= 11 is 3.35. The second kappa shape index (κ2) is 29.2. The third-order valence-electron chi connectivity index (χ3n) is 13.7. The van der Waals surface area contributed by atoms with Crippen molar-refractivity contribution in [3.05, 3.63) is 169 Å². The number of benzene rings is 3. The Hall–Kier alpha value is -7.55. The van der Waals surface area contributed by atoms with Gasteiger partial charge in [0.05, 0.1) is 57.3 Å². The molecule has 2 aliphatic heterocycles. The summed E-state index contributed by atoms with van der Waals surface area (Å²) in [7, 11) is 9.09. The van der Waals surface area contributed by atoms with Crippen LogP contribution in [0.5, 0.6) is 11.6 Å². The lowest BCUT2D eigenvalue weighted by Gasteiger charge is -2.32. The fourth-order valence-corrected chi connectivity index (χ4v) is 8.71. The first-order chi connectivity index (χ1) is 86.8. The Morgan fingerprint density at radius 2 is 1.11 bits per heavy atom. The smallest absolute Gasteiger partial charge is 0.439 e. The highest BCUT2D eigenvalue weighted by atomic mass is 79.9. The molecule has 0 radical (unpaired) electrons. The second-order valence-electron chi connectivity index (χ2n) is 20.0. The molecular weight excluding hydrogens is 1100 g/mol. The maximum absolute atomic E-state index is 11.9. The monoisotopic (exact) mass is 1350 g/mol. The van der Waals surface area contributed by atoms with Gasteiger partial charge in [0.2, 0.25) is 22.9 Å². The molecule has 0 aliphatic carbocycles. The van der Waals surface area contributed by atoms with E-state index < -0.39 is 25.4 Å². The maximum atomic E-state index is 11.9. The van der Waals surface area contributed by atoms with Crippen LogP contribution in [0.25, 0.3) is 14.5 Å². The lowest BCUT2D eigenvalue weighted by Crippen LogP contribution is -2.41. The summed E-state index contributed by atoms with van der Waals surface area (Å²) in [5.74, 6) is 2.81. The van der Waals surface area contributed by atoms with Crippen LogP contribution in [0.4, 0.5) is 34.5 Å². The number of nitrogens with zero attached hydrogens (tertiary/aromatic N) is 9. The highest BCUT2D eigenvalue weighted by molar-refractivity contribution is 9.10. The van der Waals surface area contributed by atoms with E-state index in [1.54, 1.807) is 57.7 Å². The van der Waals surface area contributed by atoms with Gasteiger partial charge in [0, 0.05) is 244 Å². The minimum absolute atomic E-state index is 0.350. The van der Waals surface area contributed by atoms with Crippen LogP contribution >= 0.6 is 15.9 Å². The number of hydrogen-bond donors (Lipinski definition) is 1. The molecule has 3 aromatic carbocycles. The van der Waals surface area contributed by atoms with Gasteiger partial charge < -0.3 is 52.6 Å². The normalized spacial score (nSPS) is 18.2. The van der Waals surface area contributed by atoms with Gasteiger partial charge in [0.25, 0.3) is 0 Å². The number of ether oxygens (including phenoxy) is 4. The summed E-state index contributed by atoms with van der Waals surface area (Å²) in [6.07, 6.45) is 2.79. The molecule has 1 fully saturated rings. The van der Waals surface area contributed by atoms with Gasteiger partial charge in [-0.1, -0.05) is 64.5 Å². The zero-order valence-corrected chi connectivity index (χ0v) is 48.9. The summed E-state index contributed by atoms with van der Waals surface area (Å²) in [4.78, 5) is 53.0. The number of pyridine rings is 3. The van der Waals surface area contributed by atoms with Crippen LogP contribution in [0, 0.1) is 19.7 Å². The Bertz CT molecular complexity index is 3460. The molecular formula is C59H162B2BrN9O10. The van der Waals surface area contributed by atoms with Crippen LogP contribution in [0.2, 0.25) is 0 Å². The molecule has 81 heavy (non-hydrogen) atoms. The van der Waals surface area contributed by atoms with Crippen molar-refractivity contribution < 1.29 is 190 Å². The topological polar surface area (TPSA) is 180 Å². The molecule has 0 saturated carbocycles. The van der Waals surface area contributed by atoms with Gasteiger partial charge in [0.1, 0.15) is 29.5 Å². The van der Waals surface area contributed by atoms with Crippen molar-refractivity contribution in [2.45, 2.75) is 58.3 Å². The van der Waals surface area contributed by atoms with Crippen LogP contribution in [-0.4, -0.2) is 140 Å². The predicted octanol–water partition coefficient (Wildman–Crippen LogP) is 20.8. The summed E-state index contributed by atoms with van der Waals surface area (Å²) in [6, 6.07) is 27.4. The number of halogens is 1. The Morgan fingerprint density at radius 3 is 1.59 bits per heavy atom. The molecule has 0 unspecified atom stereocenters. The largest absolute Gasteiger partial charge is 0.495 e. The van der Waals surface area contributed by atoms with E-state index in [9.17, 15) is 14.6 Å². The van der Waals surface area contributed by atoms with E-state index >= 15 is 0 Å². The van der Waals surface area contributed by atoms with Crippen LogP contribution in [0.3, 0.4) is 0 Å². The number of methoxy groups -OCH3 is 3. The van der Waals surface area contributed by atoms with Crippen molar-refractivity contribution in [3.8, 4) is 11.6 Å². The fraction of sp³-hybridized carbons (Fsp3) is 0.356. The fourth-order valence-electron chi connectivity index (χ4n) is 8.37. The van der Waals surface area contributed by atoms with E-state index in [0.29, 0.717) is 116 Å². The zero-order valence-electron chi connectivity index (χ0n) is 143. The first-order valence-electron chi connectivity index (χ1n) is 73.8. The lowest BCUT2D eigenvalue weighted by molar-refractivity contribution is 0.00578. The van der Waals surface area contributed by atoms with Crippen molar-refractivity contribution in [1.29, 1.82) is 0 Å². The standard InChI is InChI=1S/C24H30BN3O4.C18H18BrN3O2.C17H18BN3O4.48H2/c1-23(2)24(3,4)32-25(31-23)20-10-8-17(14-18(20)16-29)15-19-9-11-21(26-5)22(27-19)28(6)12-13-30-7;1-20-17-7-5-15(21-18(17)22(2)8-9-24-3)11-13-4-6-16(19)14(10-13)12-23;1-19-15-6-7-16(20-17(15)21(2)8-9-23-3)25-13-4-5-14-12(10-13)11-24-18(14)22;;;;;;;;;;;;;;;;;;;;;;;;;;;;;;;;;;;;;;;;;;;;;;;;/h8-11,14,16H,12-13,15H2,1-4,6-7H3;4-7,10,12H,8-9,11H2,2-3H3;4-7,10,22H,8-9,11H2,2-3H3;48*1H/i;;;48*1+1D. The maximum Gasteiger partial charge on any atom is 0.495 e. The number of carbonyl (C=O) groups excluding carboxylic acids is 2. The minimum Gasteiger partial charge on any atom is -0.439 e. The molecule has 22 heteroatoms. The van der Waals surface area contributed by atoms with E-state index in [0.717, 1.165) is 56.0 Å². The van der Waals surface area contributed by atoms with E-state index in [2.05, 4.69) is 40.4 Å². The van der Waals surface area contributed by atoms with E-state index in [4.69, 9.17) is 200 Å². The molecule has 516 valence electrons. The van der Waals surface area contributed by atoms with Crippen molar-refractivity contribution in [2.24, 2.45) is 0 Å². The molecule has 0 atom stereocenters. The third-order valence-corrected chi connectivity index (χ3v) is 14.5. The van der Waals surface area contributed by atoms with Gasteiger partial charge >= 0.3 is 14.2 Å². The van der Waals surface area contributed by atoms with Crippen molar-refractivity contribution in [3.63, 3.8) is 0 Å². The molecule has 2 aliphatic rings. The lowest BCUT2D eigenvalue weighted by atomic mass is 9.75. The number of carbonyl (C=O) groups is 2. The molecule has 5 heterocycles. The highest BCUT2D eigenvalue weighted by Gasteiger charge is 2.52. The van der Waals surface area contributed by atoms with Gasteiger partial charge in [-0.3, -0.25) is 9.59 Å². The van der Waals surface area contributed by atoms with Crippen LogP contribution < -0.4 is 30.4 Å². The zero-order chi connectivity index (χ0) is 155. The van der Waals surface area contributed by atoms with Gasteiger partial charge in [-0.25, -0.2) is 29.5 Å². The van der Waals surface area contributed by atoms with Gasteiger partial charge in [-0.15, -0.1) is 0 Å². The Kier molecular flexibility index (Phi) is 8.71. The van der Waals surface area contributed by atoms with Crippen molar-refractivity contribution in [1.82, 2.24) is 15.0 Å². The predicted molar refractivity (Wildman–Crippen MR) is 420 cm³/mol. The van der Waals surface area contributed by atoms with E-state index in [1.165, 1.54) is 0 Å². The third kappa shape index (κ3) is 16.3. The number of anilines is 3. The minimum atomic E-state index is -0.874. The van der Waals surface area contributed by atoms with Gasteiger partial charge in [0.15, 0.2) is 6.29 Å². The Balaban J connectivity index is -0.0000000278. The highest BCUT2D eigenvalue weighted by Crippen LogP contribution is 2.37. The number of fused-ring (bicyclic) bond motifs is 1. The number of aromatic nitrogens is 3. The Labute approximate surface area is 632 Å². The Morgan fingerprint density at radius 1 is 0.654 bits per heavy atom. The molecule has 6 aromatic rings. The second-order valence-corrected chi connectivity index (χ2v) is 20.8. The summed E-state index contributed by atoms with van der Waals surface area (Å²) < 4.78 is 519. The molecule has 0 bridgehead atoms. The first kappa shape index (κ1) is 24.1. The summed E-state index contributed by atoms with van der Waals surface area (Å²) in [5, 5.41) is 9.67. The average molecular weight is 1360 g/mol. The van der Waals surface area contributed by atoms with Gasteiger partial charge in [-0.2, -0.15) is 0 Å². The molecule has 19 nitrogen and oxygen atoms in total. The molecule has 8 rings (SSSR count). The van der Waals surface area contributed by atoms with Gasteiger partial charge in [-0.05, 0) is 97.8 Å². The van der Waals surface area contributed by atoms with Crippen LogP contribution in [-0.2, 0) is 47.6 Å². The van der Waals surface area contributed by atoms with Crippen molar-refractivity contribution >= 4 is 88.2 Å². The first-order valence-corrected chi connectivity index (χ1v) is 26.6. The van der Waals surface area contributed by atoms with Crippen LogP contribution in [0.1, 0.15) is 219 Å². The molecule has 0 spiro atoms. The molecule has 3 aromatic heterocycles. The molecule has 0 amide bonds. The molecule has 1 saturated heterocycles. The number of aldehydes is 2. The number of hydrogen-bond acceptors (Lipinski definition) is 16. The quantitative estimate of drug-likeness (QED) is 0.0408. The van der Waals surface area contributed by atoms with Crippen LogP contribution in [0.15, 0.2) is 95.5 Å². The van der Waals surface area contributed by atoms with E-state index in [-0.39, 0.29) is 0 Å². The number of likely N-dealkylation sites (N-methyl/N-ethyl adjacent to an activating group) is 3. The van der Waals surface area contributed by atoms with E-state index in [1.807, 2.05) is 118 Å². The molecule has 1 N–H and O–H groups in total. The number of rotatable bonds is 21. The summed E-state index contributed by atoms with van der Waals surface area (Å²) in [6.45, 7) is 33.9. The van der Waals surface area contributed by atoms with Crippen molar-refractivity contribution in [2.75, 3.05) is 96.6 Å².